The average Bonchev–Trinajstić information content (AvgIpc) is 3.46. The molecule has 1 unspecified atom stereocenters. The molecule has 7 nitrogen and oxygen atoms in total. The number of hydrogen-bond donors (Lipinski definition) is 1. The molecule has 162 valence electrons. The molecular formula is C22H28N2O5S. The van der Waals surface area contributed by atoms with Crippen LogP contribution < -0.4 is 0 Å². The summed E-state index contributed by atoms with van der Waals surface area (Å²) in [7, 11) is -3.84. The van der Waals surface area contributed by atoms with Gasteiger partial charge in [0.2, 0.25) is 10.0 Å². The molecule has 1 saturated carbocycles. The number of sulfonamides is 1. The van der Waals surface area contributed by atoms with Crippen LogP contribution in [0.25, 0.3) is 0 Å². The van der Waals surface area contributed by atoms with Crippen LogP contribution in [0.1, 0.15) is 64.4 Å². The third-order valence-corrected chi connectivity index (χ3v) is 7.47. The molecule has 0 saturated heterocycles. The van der Waals surface area contributed by atoms with Crippen LogP contribution in [-0.2, 0) is 14.8 Å². The normalized spacial score (nSPS) is 15.3. The molecule has 0 amide bonds. The van der Waals surface area contributed by atoms with Crippen LogP contribution in [0, 0.1) is 20.8 Å². The van der Waals surface area contributed by atoms with E-state index in [2.05, 4.69) is 4.98 Å². The summed E-state index contributed by atoms with van der Waals surface area (Å²) in [5.74, 6) is -0.865. The quantitative estimate of drug-likeness (QED) is 0.508. The predicted molar refractivity (Wildman–Crippen MR) is 113 cm³/mol. The zero-order valence-corrected chi connectivity index (χ0v) is 18.8. The van der Waals surface area contributed by atoms with Crippen molar-refractivity contribution in [1.29, 1.82) is 0 Å². The summed E-state index contributed by atoms with van der Waals surface area (Å²) < 4.78 is 33.1. The lowest BCUT2D eigenvalue weighted by Gasteiger charge is -2.27. The Bertz CT molecular complexity index is 1070. The van der Waals surface area contributed by atoms with E-state index in [9.17, 15) is 18.0 Å². The smallest absolute Gasteiger partial charge is 0.355 e. The van der Waals surface area contributed by atoms with Gasteiger partial charge in [-0.1, -0.05) is 17.7 Å². The Morgan fingerprint density at radius 1 is 1.17 bits per heavy atom. The Morgan fingerprint density at radius 3 is 2.30 bits per heavy atom. The van der Waals surface area contributed by atoms with E-state index in [1.54, 1.807) is 52.0 Å². The molecule has 1 atom stereocenters. The van der Waals surface area contributed by atoms with Crippen LogP contribution in [0.2, 0.25) is 0 Å². The van der Waals surface area contributed by atoms with Crippen molar-refractivity contribution in [1.82, 2.24) is 9.29 Å². The number of rotatable bonds is 8. The fourth-order valence-corrected chi connectivity index (χ4v) is 5.57. The first-order valence-corrected chi connectivity index (χ1v) is 11.5. The number of esters is 1. The van der Waals surface area contributed by atoms with E-state index in [4.69, 9.17) is 4.74 Å². The largest absolute Gasteiger partial charge is 0.461 e. The lowest BCUT2D eigenvalue weighted by molar-refractivity contribution is 0.0519. The van der Waals surface area contributed by atoms with Crippen LogP contribution in [-0.4, -0.2) is 48.2 Å². The first kappa shape index (κ1) is 22.2. The molecule has 0 spiro atoms. The summed E-state index contributed by atoms with van der Waals surface area (Å²) in [5.41, 5.74) is 2.53. The number of aromatic nitrogens is 1. The zero-order valence-electron chi connectivity index (χ0n) is 18.0. The standard InChI is InChI=1S/C22H28N2O5S/c1-6-29-22(26)20-14(3)19(15(4)23-20)21(25)16(5)24(17-9-10-17)30(27,28)18-11-7-13(2)8-12-18/h7-8,11-12,16-17,23H,6,9-10H2,1-5H3. The van der Waals surface area contributed by atoms with Gasteiger partial charge in [-0.3, -0.25) is 4.79 Å². The van der Waals surface area contributed by atoms with Gasteiger partial charge in [0.25, 0.3) is 0 Å². The highest BCUT2D eigenvalue weighted by Gasteiger charge is 2.44. The average molecular weight is 433 g/mol. The lowest BCUT2D eigenvalue weighted by Crippen LogP contribution is -2.44. The SMILES string of the molecule is CCOC(=O)c1[nH]c(C)c(C(=O)C(C)N(C2CC2)S(=O)(=O)c2ccc(C)cc2)c1C. The summed E-state index contributed by atoms with van der Waals surface area (Å²) in [6.07, 6.45) is 1.45. The molecule has 1 fully saturated rings. The minimum Gasteiger partial charge on any atom is -0.461 e. The Balaban J connectivity index is 1.97. The van der Waals surface area contributed by atoms with Crippen molar-refractivity contribution in [3.8, 4) is 0 Å². The number of Topliss-reactive ketones (excluding diaryl/α,β-unsaturated/α-hetero) is 1. The Labute approximate surface area is 177 Å². The van der Waals surface area contributed by atoms with Crippen LogP contribution >= 0.6 is 0 Å². The number of carbonyl (C=O) groups is 2. The van der Waals surface area contributed by atoms with Gasteiger partial charge in [0.15, 0.2) is 5.78 Å². The monoisotopic (exact) mass is 432 g/mol. The molecule has 1 aromatic heterocycles. The molecule has 0 radical (unpaired) electrons. The highest BCUT2D eigenvalue weighted by atomic mass is 32.2. The van der Waals surface area contributed by atoms with Crippen molar-refractivity contribution >= 4 is 21.8 Å². The summed E-state index contributed by atoms with van der Waals surface area (Å²) in [6.45, 7) is 8.81. The lowest BCUT2D eigenvalue weighted by atomic mass is 10.0. The van der Waals surface area contributed by atoms with Crippen molar-refractivity contribution in [2.45, 2.75) is 64.4 Å². The molecule has 2 aromatic rings. The number of H-pyrrole nitrogens is 1. The molecule has 8 heteroatoms. The van der Waals surface area contributed by atoms with Crippen molar-refractivity contribution in [3.05, 3.63) is 52.3 Å². The van der Waals surface area contributed by atoms with Crippen LogP contribution in [0.15, 0.2) is 29.2 Å². The van der Waals surface area contributed by atoms with Crippen LogP contribution in [0.4, 0.5) is 0 Å². The van der Waals surface area contributed by atoms with Crippen molar-refractivity contribution < 1.29 is 22.7 Å². The number of ether oxygens (including phenoxy) is 1. The number of nitrogens with one attached hydrogen (secondary N) is 1. The maximum Gasteiger partial charge on any atom is 0.355 e. The second kappa shape index (κ2) is 8.35. The number of benzene rings is 1. The second-order valence-corrected chi connectivity index (χ2v) is 9.61. The van der Waals surface area contributed by atoms with Gasteiger partial charge in [-0.15, -0.1) is 0 Å². The van der Waals surface area contributed by atoms with Gasteiger partial charge in [0.05, 0.1) is 17.5 Å². The minimum atomic E-state index is -3.84. The van der Waals surface area contributed by atoms with E-state index in [0.29, 0.717) is 16.8 Å². The fourth-order valence-electron chi connectivity index (χ4n) is 3.73. The number of hydrogen-bond acceptors (Lipinski definition) is 5. The Kier molecular flexibility index (Phi) is 6.19. The van der Waals surface area contributed by atoms with E-state index in [0.717, 1.165) is 18.4 Å². The number of carbonyl (C=O) groups excluding carboxylic acids is 2. The molecule has 1 aromatic carbocycles. The highest BCUT2D eigenvalue weighted by molar-refractivity contribution is 7.89. The molecule has 0 aliphatic heterocycles. The maximum atomic E-state index is 13.4. The van der Waals surface area contributed by atoms with Crippen molar-refractivity contribution in [2.24, 2.45) is 0 Å². The maximum absolute atomic E-state index is 13.4. The third kappa shape index (κ3) is 4.06. The van der Waals surface area contributed by atoms with Gasteiger partial charge in [0, 0.05) is 17.3 Å². The summed E-state index contributed by atoms with van der Waals surface area (Å²) in [5, 5.41) is 0. The molecular weight excluding hydrogens is 404 g/mol. The Hall–Kier alpha value is -2.45. The van der Waals surface area contributed by atoms with Gasteiger partial charge in [-0.2, -0.15) is 4.31 Å². The van der Waals surface area contributed by atoms with Crippen molar-refractivity contribution in [3.63, 3.8) is 0 Å². The van der Waals surface area contributed by atoms with Crippen LogP contribution in [0.5, 0.6) is 0 Å². The number of ketones is 1. The first-order chi connectivity index (χ1) is 14.1. The molecule has 1 aliphatic carbocycles. The van der Waals surface area contributed by atoms with E-state index in [-0.39, 0.29) is 29.0 Å². The summed E-state index contributed by atoms with van der Waals surface area (Å²) in [4.78, 5) is 28.7. The second-order valence-electron chi connectivity index (χ2n) is 7.76. The molecule has 1 aliphatic rings. The van der Waals surface area contributed by atoms with Gasteiger partial charge >= 0.3 is 5.97 Å². The van der Waals surface area contributed by atoms with Gasteiger partial charge in [-0.05, 0) is 65.2 Å². The van der Waals surface area contributed by atoms with E-state index in [1.165, 1.54) is 4.31 Å². The minimum absolute atomic E-state index is 0.175. The number of aryl methyl sites for hydroxylation is 2. The molecule has 1 N–H and O–H groups in total. The predicted octanol–water partition coefficient (Wildman–Crippen LogP) is 3.54. The van der Waals surface area contributed by atoms with E-state index in [1.807, 2.05) is 6.92 Å². The highest BCUT2D eigenvalue weighted by Crippen LogP contribution is 2.35. The summed E-state index contributed by atoms with van der Waals surface area (Å²) in [6, 6.07) is 5.55. The van der Waals surface area contributed by atoms with Gasteiger partial charge in [0.1, 0.15) is 5.69 Å². The van der Waals surface area contributed by atoms with Gasteiger partial charge < -0.3 is 9.72 Å². The topological polar surface area (TPSA) is 96.5 Å². The van der Waals surface area contributed by atoms with E-state index >= 15 is 0 Å². The molecule has 1 heterocycles. The Morgan fingerprint density at radius 2 is 1.77 bits per heavy atom. The zero-order chi connectivity index (χ0) is 22.2. The van der Waals surface area contributed by atoms with E-state index < -0.39 is 22.0 Å². The number of nitrogens with zero attached hydrogens (tertiary/aromatic N) is 1. The summed E-state index contributed by atoms with van der Waals surface area (Å²) >= 11 is 0. The molecule has 30 heavy (non-hydrogen) atoms. The number of aromatic amines is 1. The molecule has 0 bridgehead atoms. The van der Waals surface area contributed by atoms with Gasteiger partial charge in [-0.25, -0.2) is 13.2 Å². The van der Waals surface area contributed by atoms with Crippen molar-refractivity contribution in [2.75, 3.05) is 6.61 Å². The fraction of sp³-hybridized carbons (Fsp3) is 0.455. The third-order valence-electron chi connectivity index (χ3n) is 5.43. The molecule has 3 rings (SSSR count). The first-order valence-electron chi connectivity index (χ1n) is 10.1. The van der Waals surface area contributed by atoms with Crippen LogP contribution in [0.3, 0.4) is 0 Å².